The highest BCUT2D eigenvalue weighted by Crippen LogP contribution is 2.38. The van der Waals surface area contributed by atoms with Gasteiger partial charge in [-0.15, -0.1) is 0 Å². The molecule has 330 valence electrons. The number of carbonyl (C=O) groups excluding carboxylic acids is 1. The first kappa shape index (κ1) is 54.9. The van der Waals surface area contributed by atoms with E-state index in [1.165, 1.54) is 89.9 Å². The molecule has 0 heterocycles. The molecule has 0 aliphatic carbocycles. The molecule has 0 aliphatic rings. The van der Waals surface area contributed by atoms with Crippen molar-refractivity contribution in [2.24, 2.45) is 0 Å². The molecule has 2 unspecified atom stereocenters. The summed E-state index contributed by atoms with van der Waals surface area (Å²) in [5.41, 5.74) is 0. The number of esters is 1. The Bertz CT molecular complexity index is 1140. The quantitative estimate of drug-likeness (QED) is 0.0199. The zero-order chi connectivity index (χ0) is 42.0. The van der Waals surface area contributed by atoms with Crippen molar-refractivity contribution in [3.05, 3.63) is 72.9 Å². The van der Waals surface area contributed by atoms with E-state index in [0.717, 1.165) is 51.4 Å². The summed E-state index contributed by atoms with van der Waals surface area (Å²) in [6.07, 6.45) is 52.2. The van der Waals surface area contributed by atoms with E-state index in [9.17, 15) is 14.3 Å². The predicted octanol–water partition coefficient (Wildman–Crippen LogP) is 12.9. The number of phosphoric ester groups is 1. The highest BCUT2D eigenvalue weighted by molar-refractivity contribution is 7.45. The Balaban J connectivity index is 4.36. The average molecular weight is 820 g/mol. The summed E-state index contributed by atoms with van der Waals surface area (Å²) < 4.78 is 34.5. The van der Waals surface area contributed by atoms with Gasteiger partial charge in [-0.2, -0.15) is 0 Å². The molecule has 0 rings (SSSR count). The van der Waals surface area contributed by atoms with Crippen LogP contribution in [-0.2, 0) is 27.9 Å². The van der Waals surface area contributed by atoms with E-state index in [1.807, 2.05) is 33.3 Å². The molecular weight excluding hydrogens is 734 g/mol. The fourth-order valence-electron chi connectivity index (χ4n) is 5.81. The molecule has 0 aromatic carbocycles. The average Bonchev–Trinajstić information content (AvgIpc) is 3.16. The number of allylic oxidation sites excluding steroid dienone is 12. The largest absolute Gasteiger partial charge is 0.756 e. The lowest BCUT2D eigenvalue weighted by atomic mass is 10.0. The standard InChI is InChI=1S/C48H86NO7P/c1-6-8-10-12-14-16-18-20-22-24-25-26-27-29-31-33-35-37-39-41-48(50)56-47(46-55-57(51,52)54-44-42-49(3,4)5)45-53-43-40-38-36-34-32-30-28-23-21-19-17-15-13-11-9-7-2/h8,10,14,16,20,22,25-26,29,31,35,37,47H,6-7,9,11-13,15,17-19,21,23-24,27-28,30,32-34,36,38-46H2,1-5H3/b10-8-,16-14-,22-20-,26-25-,31-29-,37-35-. The lowest BCUT2D eigenvalue weighted by molar-refractivity contribution is -0.870. The Kier molecular flexibility index (Phi) is 39.2. The molecule has 0 N–H and O–H groups in total. The van der Waals surface area contributed by atoms with Crippen LogP contribution in [0, 0.1) is 0 Å². The van der Waals surface area contributed by atoms with Crippen LogP contribution < -0.4 is 4.89 Å². The summed E-state index contributed by atoms with van der Waals surface area (Å²) in [5.74, 6) is -0.416. The summed E-state index contributed by atoms with van der Waals surface area (Å²) in [7, 11) is 1.30. The summed E-state index contributed by atoms with van der Waals surface area (Å²) in [6, 6.07) is 0. The van der Waals surface area contributed by atoms with Crippen LogP contribution >= 0.6 is 7.82 Å². The zero-order valence-corrected chi connectivity index (χ0v) is 38.2. The van der Waals surface area contributed by atoms with Crippen molar-refractivity contribution >= 4 is 13.8 Å². The highest BCUT2D eigenvalue weighted by Gasteiger charge is 2.20. The van der Waals surface area contributed by atoms with E-state index in [1.54, 1.807) is 0 Å². The molecule has 0 spiro atoms. The number of hydrogen-bond acceptors (Lipinski definition) is 7. The lowest BCUT2D eigenvalue weighted by Gasteiger charge is -2.28. The van der Waals surface area contributed by atoms with Gasteiger partial charge in [-0.05, 0) is 51.4 Å². The second kappa shape index (κ2) is 40.7. The third-order valence-electron chi connectivity index (χ3n) is 9.29. The minimum absolute atomic E-state index is 0.0104. The first-order valence-electron chi connectivity index (χ1n) is 22.7. The molecule has 0 radical (unpaired) electrons. The van der Waals surface area contributed by atoms with Gasteiger partial charge in [0.15, 0.2) is 0 Å². The van der Waals surface area contributed by atoms with Gasteiger partial charge in [-0.25, -0.2) is 0 Å². The molecule has 57 heavy (non-hydrogen) atoms. The van der Waals surface area contributed by atoms with Crippen LogP contribution in [0.5, 0.6) is 0 Å². The van der Waals surface area contributed by atoms with Crippen LogP contribution in [-0.4, -0.2) is 70.7 Å². The van der Waals surface area contributed by atoms with Gasteiger partial charge in [-0.3, -0.25) is 9.36 Å². The first-order valence-corrected chi connectivity index (χ1v) is 24.1. The predicted molar refractivity (Wildman–Crippen MR) is 240 cm³/mol. The molecule has 0 amide bonds. The number of phosphoric acid groups is 1. The second-order valence-electron chi connectivity index (χ2n) is 16.0. The zero-order valence-electron chi connectivity index (χ0n) is 37.3. The minimum Gasteiger partial charge on any atom is -0.756 e. The monoisotopic (exact) mass is 820 g/mol. The fourth-order valence-corrected chi connectivity index (χ4v) is 6.54. The van der Waals surface area contributed by atoms with Crippen molar-refractivity contribution in [1.29, 1.82) is 0 Å². The van der Waals surface area contributed by atoms with Gasteiger partial charge in [0.1, 0.15) is 19.3 Å². The number of hydrogen-bond donors (Lipinski definition) is 0. The molecule has 0 saturated heterocycles. The Morgan fingerprint density at radius 1 is 0.561 bits per heavy atom. The van der Waals surface area contributed by atoms with Crippen LogP contribution in [0.3, 0.4) is 0 Å². The van der Waals surface area contributed by atoms with Gasteiger partial charge < -0.3 is 27.9 Å². The molecule has 0 aromatic heterocycles. The Morgan fingerprint density at radius 2 is 0.982 bits per heavy atom. The van der Waals surface area contributed by atoms with Crippen molar-refractivity contribution in [1.82, 2.24) is 0 Å². The number of quaternary nitrogens is 1. The molecule has 8 nitrogen and oxygen atoms in total. The number of ether oxygens (including phenoxy) is 2. The number of carbonyl (C=O) groups is 1. The van der Waals surface area contributed by atoms with Gasteiger partial charge in [0.05, 0.1) is 34.4 Å². The Morgan fingerprint density at radius 3 is 1.42 bits per heavy atom. The SMILES string of the molecule is CC/C=C\C/C=C\C/C=C\C/C=C\C/C=C\C/C=C\CCC(=O)OC(COCCCCCCCCCCCCCCCCCC)COP(=O)([O-])OCC[N+](C)(C)C. The van der Waals surface area contributed by atoms with Crippen molar-refractivity contribution in [2.45, 2.75) is 174 Å². The van der Waals surface area contributed by atoms with Crippen LogP contribution in [0.25, 0.3) is 0 Å². The van der Waals surface area contributed by atoms with E-state index in [0.29, 0.717) is 24.1 Å². The Hall–Kier alpha value is -2.06. The summed E-state index contributed by atoms with van der Waals surface area (Å²) in [4.78, 5) is 25.0. The normalized spacial score (nSPS) is 14.4. The molecule has 0 fully saturated rings. The van der Waals surface area contributed by atoms with E-state index < -0.39 is 19.9 Å². The highest BCUT2D eigenvalue weighted by atomic mass is 31.2. The number of rotatable bonds is 41. The summed E-state index contributed by atoms with van der Waals surface area (Å²) in [6.45, 7) is 5.20. The number of unbranched alkanes of at least 4 members (excludes halogenated alkanes) is 15. The van der Waals surface area contributed by atoms with Crippen LogP contribution in [0.2, 0.25) is 0 Å². The van der Waals surface area contributed by atoms with Crippen LogP contribution in [0.4, 0.5) is 0 Å². The molecule has 0 aromatic rings. The second-order valence-corrected chi connectivity index (χ2v) is 17.4. The van der Waals surface area contributed by atoms with Gasteiger partial charge in [0.2, 0.25) is 0 Å². The van der Waals surface area contributed by atoms with Crippen molar-refractivity contribution in [3.63, 3.8) is 0 Å². The molecule has 2 atom stereocenters. The van der Waals surface area contributed by atoms with Gasteiger partial charge >= 0.3 is 5.97 Å². The Labute approximate surface area is 351 Å². The third-order valence-corrected chi connectivity index (χ3v) is 10.2. The van der Waals surface area contributed by atoms with Gasteiger partial charge in [-0.1, -0.05) is 183 Å². The minimum atomic E-state index is -4.55. The smallest absolute Gasteiger partial charge is 0.306 e. The maximum Gasteiger partial charge on any atom is 0.306 e. The van der Waals surface area contributed by atoms with Crippen molar-refractivity contribution in [3.8, 4) is 0 Å². The van der Waals surface area contributed by atoms with E-state index in [-0.39, 0.29) is 26.2 Å². The van der Waals surface area contributed by atoms with Gasteiger partial charge in [0, 0.05) is 13.0 Å². The van der Waals surface area contributed by atoms with E-state index in [2.05, 4.69) is 74.6 Å². The number of nitrogens with zero attached hydrogens (tertiary/aromatic N) is 1. The number of likely N-dealkylation sites (N-methyl/N-ethyl adjacent to an activating group) is 1. The molecular formula is C48H86NO7P. The summed E-state index contributed by atoms with van der Waals surface area (Å²) >= 11 is 0. The molecule has 9 heteroatoms. The van der Waals surface area contributed by atoms with Gasteiger partial charge in [0.25, 0.3) is 7.82 Å². The van der Waals surface area contributed by atoms with Crippen molar-refractivity contribution < 1.29 is 37.3 Å². The molecule has 0 aliphatic heterocycles. The van der Waals surface area contributed by atoms with E-state index >= 15 is 0 Å². The van der Waals surface area contributed by atoms with E-state index in [4.69, 9.17) is 18.5 Å². The van der Waals surface area contributed by atoms with Crippen LogP contribution in [0.1, 0.15) is 168 Å². The fraction of sp³-hybridized carbons (Fsp3) is 0.729. The lowest BCUT2D eigenvalue weighted by Crippen LogP contribution is -2.37. The summed E-state index contributed by atoms with van der Waals surface area (Å²) in [5, 5.41) is 0. The third kappa shape index (κ3) is 44.9. The van der Waals surface area contributed by atoms with Crippen LogP contribution in [0.15, 0.2) is 72.9 Å². The molecule has 0 saturated carbocycles. The topological polar surface area (TPSA) is 94.1 Å². The maximum atomic E-state index is 12.7. The maximum absolute atomic E-state index is 12.7. The van der Waals surface area contributed by atoms with Crippen molar-refractivity contribution in [2.75, 3.05) is 54.1 Å². The first-order chi connectivity index (χ1) is 27.6. The molecule has 0 bridgehead atoms.